The zero-order valence-electron chi connectivity index (χ0n) is 25.2. The molecule has 0 aromatic heterocycles. The number of ether oxygens (including phenoxy) is 10. The van der Waals surface area contributed by atoms with Crippen LogP contribution in [0, 0.1) is 0 Å². The molecule has 0 heterocycles. The van der Waals surface area contributed by atoms with Crippen molar-refractivity contribution in [1.82, 2.24) is 0 Å². The molecule has 1 aromatic rings. The predicted octanol–water partition coefficient (Wildman–Crippen LogP) is 1.74. The average molecular weight is 639 g/mol. The highest BCUT2D eigenvalue weighted by atomic mass is 32.2. The van der Waals surface area contributed by atoms with Crippen molar-refractivity contribution in [1.29, 1.82) is 0 Å². The lowest BCUT2D eigenvalue weighted by molar-refractivity contribution is -0.0264. The molecule has 0 fully saturated rings. The molecule has 1 aromatic carbocycles. The number of hydrogen-bond donors (Lipinski definition) is 0. The Bertz CT molecular complexity index is 827. The molecule has 0 spiro atoms. The zero-order chi connectivity index (χ0) is 30.9. The summed E-state index contributed by atoms with van der Waals surface area (Å²) in [6.45, 7) is 12.8. The number of hydrogen-bond acceptors (Lipinski definition) is 13. The first-order valence-corrected chi connectivity index (χ1v) is 15.9. The Hall–Kier alpha value is -1.53. The summed E-state index contributed by atoms with van der Waals surface area (Å²) in [5, 5.41) is 0. The Balaban J connectivity index is 1.67. The van der Waals surface area contributed by atoms with Crippen LogP contribution < -0.4 is 0 Å². The van der Waals surface area contributed by atoms with E-state index in [-0.39, 0.29) is 18.1 Å². The normalized spacial score (nSPS) is 11.7. The first-order valence-electron chi connectivity index (χ1n) is 14.5. The lowest BCUT2D eigenvalue weighted by Crippen LogP contribution is -2.15. The molecule has 14 heteroatoms. The summed E-state index contributed by atoms with van der Waals surface area (Å²) < 4.78 is 82.7. The molecule has 0 bridgehead atoms. The Labute approximate surface area is 256 Å². The maximum atomic E-state index is 12.0. The van der Waals surface area contributed by atoms with Crippen LogP contribution in [0.1, 0.15) is 0 Å². The lowest BCUT2D eigenvalue weighted by Gasteiger charge is -2.09. The predicted molar refractivity (Wildman–Crippen MR) is 158 cm³/mol. The van der Waals surface area contributed by atoms with E-state index in [0.717, 1.165) is 0 Å². The van der Waals surface area contributed by atoms with E-state index < -0.39 is 10.1 Å². The van der Waals surface area contributed by atoms with Crippen LogP contribution in [-0.2, 0) is 61.7 Å². The van der Waals surface area contributed by atoms with E-state index in [4.69, 9.17) is 51.6 Å². The fraction of sp³-hybridized carbons (Fsp3) is 0.724. The van der Waals surface area contributed by atoms with Gasteiger partial charge in [-0.15, -0.1) is 6.58 Å². The maximum absolute atomic E-state index is 12.0. The fourth-order valence-electron chi connectivity index (χ4n) is 3.00. The van der Waals surface area contributed by atoms with E-state index >= 15 is 0 Å². The van der Waals surface area contributed by atoms with E-state index in [1.54, 1.807) is 24.3 Å². The van der Waals surface area contributed by atoms with Gasteiger partial charge in [0.15, 0.2) is 0 Å². The molecular formula is C29H50O13S. The topological polar surface area (TPSA) is 136 Å². The Morgan fingerprint density at radius 1 is 0.442 bits per heavy atom. The van der Waals surface area contributed by atoms with Gasteiger partial charge in [-0.05, 0) is 12.1 Å². The molecule has 0 saturated carbocycles. The van der Waals surface area contributed by atoms with Gasteiger partial charge in [-0.1, -0.05) is 24.3 Å². The van der Waals surface area contributed by atoms with Crippen molar-refractivity contribution in [3.63, 3.8) is 0 Å². The standard InChI is InChI=1S/C29H50O13S/c1-2-8-32-9-10-33-11-12-34-13-14-35-15-16-36-17-18-37-19-20-38-21-22-39-23-24-40-25-26-41-27-28-42-43(30,31)29-6-4-3-5-7-29/h2-7H,1,8-28H2. The van der Waals surface area contributed by atoms with Gasteiger partial charge in [0, 0.05) is 0 Å². The van der Waals surface area contributed by atoms with Crippen molar-refractivity contribution < 1.29 is 60.0 Å². The van der Waals surface area contributed by atoms with Gasteiger partial charge in [0.2, 0.25) is 0 Å². The molecule has 43 heavy (non-hydrogen) atoms. The van der Waals surface area contributed by atoms with Gasteiger partial charge in [-0.2, -0.15) is 8.42 Å². The second-order valence-electron chi connectivity index (χ2n) is 8.46. The summed E-state index contributed by atoms with van der Waals surface area (Å²) in [5.41, 5.74) is 0. The molecule has 0 amide bonds. The van der Waals surface area contributed by atoms with Crippen molar-refractivity contribution >= 4 is 10.1 Å². The lowest BCUT2D eigenvalue weighted by atomic mass is 10.4. The third-order valence-corrected chi connectivity index (χ3v) is 6.41. The highest BCUT2D eigenvalue weighted by Gasteiger charge is 2.13. The molecule has 0 N–H and O–H groups in total. The third kappa shape index (κ3) is 26.6. The molecule has 0 atom stereocenters. The first-order chi connectivity index (χ1) is 21.2. The highest BCUT2D eigenvalue weighted by Crippen LogP contribution is 2.10. The SMILES string of the molecule is C=CCOCCOCCOCCOCCOCCOCCOCCOCCOCCOCCOS(=O)(=O)c1ccccc1. The largest absolute Gasteiger partial charge is 0.377 e. The monoisotopic (exact) mass is 638 g/mol. The van der Waals surface area contributed by atoms with Crippen molar-refractivity contribution in [2.75, 3.05) is 139 Å². The minimum atomic E-state index is -3.75. The third-order valence-electron chi connectivity index (χ3n) is 5.08. The van der Waals surface area contributed by atoms with Crippen LogP contribution in [0.25, 0.3) is 0 Å². The van der Waals surface area contributed by atoms with Crippen LogP contribution >= 0.6 is 0 Å². The number of benzene rings is 1. The van der Waals surface area contributed by atoms with Crippen molar-refractivity contribution in [3.05, 3.63) is 43.0 Å². The second kappa shape index (κ2) is 30.5. The van der Waals surface area contributed by atoms with E-state index in [0.29, 0.717) is 126 Å². The quantitative estimate of drug-likeness (QED) is 0.0617. The van der Waals surface area contributed by atoms with Gasteiger partial charge in [0.1, 0.15) is 0 Å². The van der Waals surface area contributed by atoms with Crippen molar-refractivity contribution in [3.8, 4) is 0 Å². The molecule has 0 aliphatic heterocycles. The zero-order valence-corrected chi connectivity index (χ0v) is 26.1. The van der Waals surface area contributed by atoms with Crippen LogP contribution in [0.2, 0.25) is 0 Å². The van der Waals surface area contributed by atoms with E-state index in [2.05, 4.69) is 6.58 Å². The van der Waals surface area contributed by atoms with Crippen LogP contribution in [0.15, 0.2) is 47.9 Å². The second-order valence-corrected chi connectivity index (χ2v) is 10.1. The van der Waals surface area contributed by atoms with Gasteiger partial charge >= 0.3 is 0 Å². The van der Waals surface area contributed by atoms with Crippen LogP contribution in [0.5, 0.6) is 0 Å². The summed E-state index contributed by atoms with van der Waals surface area (Å²) in [6.07, 6.45) is 1.70. The Morgan fingerprint density at radius 3 is 1.02 bits per heavy atom. The summed E-state index contributed by atoms with van der Waals surface area (Å²) in [6, 6.07) is 7.98. The summed E-state index contributed by atoms with van der Waals surface area (Å²) in [5.74, 6) is 0. The molecule has 0 saturated heterocycles. The molecule has 0 aliphatic rings. The van der Waals surface area contributed by atoms with Gasteiger partial charge in [0.25, 0.3) is 10.1 Å². The van der Waals surface area contributed by atoms with Gasteiger partial charge in [0.05, 0.1) is 144 Å². The average Bonchev–Trinajstić information content (AvgIpc) is 3.02. The van der Waals surface area contributed by atoms with Crippen LogP contribution in [-0.4, -0.2) is 147 Å². The van der Waals surface area contributed by atoms with Crippen LogP contribution in [0.4, 0.5) is 0 Å². The van der Waals surface area contributed by atoms with E-state index in [9.17, 15) is 8.42 Å². The Kier molecular flexibility index (Phi) is 28.0. The minimum Gasteiger partial charge on any atom is -0.377 e. The van der Waals surface area contributed by atoms with Crippen molar-refractivity contribution in [2.45, 2.75) is 4.90 Å². The molecule has 0 radical (unpaired) electrons. The molecule has 13 nitrogen and oxygen atoms in total. The van der Waals surface area contributed by atoms with Crippen molar-refractivity contribution in [2.24, 2.45) is 0 Å². The van der Waals surface area contributed by atoms with Gasteiger partial charge in [-0.25, -0.2) is 0 Å². The maximum Gasteiger partial charge on any atom is 0.297 e. The summed E-state index contributed by atoms with van der Waals surface area (Å²) in [7, 11) is -3.75. The van der Waals surface area contributed by atoms with Crippen LogP contribution in [0.3, 0.4) is 0 Å². The first kappa shape index (κ1) is 39.5. The van der Waals surface area contributed by atoms with Gasteiger partial charge < -0.3 is 47.4 Å². The van der Waals surface area contributed by atoms with Gasteiger partial charge in [-0.3, -0.25) is 4.18 Å². The molecule has 0 unspecified atom stereocenters. The molecule has 1 rings (SSSR count). The van der Waals surface area contributed by atoms with E-state index in [1.807, 2.05) is 0 Å². The van der Waals surface area contributed by atoms with E-state index in [1.165, 1.54) is 12.1 Å². The smallest absolute Gasteiger partial charge is 0.297 e. The Morgan fingerprint density at radius 2 is 0.721 bits per heavy atom. The molecule has 250 valence electrons. The minimum absolute atomic E-state index is 0.0573. The summed E-state index contributed by atoms with van der Waals surface area (Å²) >= 11 is 0. The fourth-order valence-corrected chi connectivity index (χ4v) is 3.92. The highest BCUT2D eigenvalue weighted by molar-refractivity contribution is 7.86. The summed E-state index contributed by atoms with van der Waals surface area (Å²) in [4.78, 5) is 0.121. The molecule has 0 aliphatic carbocycles. The number of rotatable bonds is 34. The molecular weight excluding hydrogens is 588 g/mol.